The van der Waals surface area contributed by atoms with Crippen LogP contribution in [0.25, 0.3) is 11.3 Å². The van der Waals surface area contributed by atoms with E-state index in [1.54, 1.807) is 43.7 Å². The Morgan fingerprint density at radius 1 is 0.975 bits per heavy atom. The number of carbonyl (C=O) groups excluding carboxylic acids is 1. The number of hydrogen-bond acceptors (Lipinski definition) is 6. The first-order chi connectivity index (χ1) is 19.2. The Labute approximate surface area is 242 Å². The zero-order valence-electron chi connectivity index (χ0n) is 21.4. The lowest BCUT2D eigenvalue weighted by Gasteiger charge is -2.19. The van der Waals surface area contributed by atoms with Crippen molar-refractivity contribution in [1.82, 2.24) is 20.6 Å². The van der Waals surface area contributed by atoms with Crippen LogP contribution in [0, 0.1) is 0 Å². The molecule has 0 bridgehead atoms. The lowest BCUT2D eigenvalue weighted by molar-refractivity contribution is 0.249. The van der Waals surface area contributed by atoms with Gasteiger partial charge in [-0.05, 0) is 73.0 Å². The summed E-state index contributed by atoms with van der Waals surface area (Å²) in [6, 6.07) is 14.1. The van der Waals surface area contributed by atoms with Crippen LogP contribution in [0.4, 0.5) is 16.2 Å². The normalized spacial score (nSPS) is 13.7. The van der Waals surface area contributed by atoms with E-state index in [2.05, 4.69) is 30.6 Å². The standard InChI is InChI=1S/C28H26Cl2N6O3S/c1-17(23-8-9-24(27(30)26(23)29)25-16-32-12-13-33-25)34-28(37)35-20-4-6-22(7-5-20)40(38,39)36-21-3-2-19-15-31-11-10-18(19)14-21/h2-9,12-14,16-17,31,36H,10-11,15H2,1H3,(H2,34,35,37). The molecule has 1 aromatic heterocycles. The highest BCUT2D eigenvalue weighted by atomic mass is 35.5. The molecule has 4 N–H and O–H groups in total. The molecule has 206 valence electrons. The van der Waals surface area contributed by atoms with Gasteiger partial charge in [0.15, 0.2) is 0 Å². The fourth-order valence-electron chi connectivity index (χ4n) is 4.45. The predicted octanol–water partition coefficient (Wildman–Crippen LogP) is 5.78. The Morgan fingerprint density at radius 2 is 1.75 bits per heavy atom. The van der Waals surface area contributed by atoms with Gasteiger partial charge in [0.25, 0.3) is 10.0 Å². The van der Waals surface area contributed by atoms with Crippen LogP contribution in [0.1, 0.15) is 29.7 Å². The van der Waals surface area contributed by atoms with E-state index in [0.29, 0.717) is 38.2 Å². The minimum absolute atomic E-state index is 0.0795. The summed E-state index contributed by atoms with van der Waals surface area (Å²) in [5.41, 5.74) is 5.08. The molecule has 1 aliphatic heterocycles. The lowest BCUT2D eigenvalue weighted by atomic mass is 10.0. The van der Waals surface area contributed by atoms with Gasteiger partial charge in [-0.3, -0.25) is 14.7 Å². The fourth-order valence-corrected chi connectivity index (χ4v) is 6.10. The van der Waals surface area contributed by atoms with Crippen molar-refractivity contribution in [3.8, 4) is 11.3 Å². The summed E-state index contributed by atoms with van der Waals surface area (Å²) in [5, 5.41) is 9.44. The number of aromatic nitrogens is 2. The minimum Gasteiger partial charge on any atom is -0.331 e. The molecule has 2 amide bonds. The summed E-state index contributed by atoms with van der Waals surface area (Å²) in [6.45, 7) is 3.42. The summed E-state index contributed by atoms with van der Waals surface area (Å²) in [7, 11) is -3.80. The second kappa shape index (κ2) is 11.8. The number of carbonyl (C=O) groups is 1. The third-order valence-electron chi connectivity index (χ3n) is 6.53. The van der Waals surface area contributed by atoms with Crippen molar-refractivity contribution in [3.63, 3.8) is 0 Å². The first-order valence-corrected chi connectivity index (χ1v) is 14.7. The average Bonchev–Trinajstić information content (AvgIpc) is 2.95. The van der Waals surface area contributed by atoms with Gasteiger partial charge in [-0.1, -0.05) is 41.4 Å². The van der Waals surface area contributed by atoms with E-state index in [1.165, 1.54) is 29.8 Å². The van der Waals surface area contributed by atoms with E-state index in [9.17, 15) is 13.2 Å². The molecular weight excluding hydrogens is 571 g/mol. The Morgan fingerprint density at radius 3 is 2.50 bits per heavy atom. The van der Waals surface area contributed by atoms with Crippen LogP contribution in [0.5, 0.6) is 0 Å². The highest BCUT2D eigenvalue weighted by molar-refractivity contribution is 7.92. The second-order valence-corrected chi connectivity index (χ2v) is 11.7. The van der Waals surface area contributed by atoms with E-state index in [4.69, 9.17) is 23.2 Å². The first kappa shape index (κ1) is 27.9. The highest BCUT2D eigenvalue weighted by Crippen LogP contribution is 2.37. The van der Waals surface area contributed by atoms with Crippen LogP contribution < -0.4 is 20.7 Å². The van der Waals surface area contributed by atoms with E-state index in [1.807, 2.05) is 12.1 Å². The number of halogens is 2. The number of hydrogen-bond donors (Lipinski definition) is 4. The van der Waals surface area contributed by atoms with Crippen molar-refractivity contribution in [2.24, 2.45) is 0 Å². The van der Waals surface area contributed by atoms with Gasteiger partial charge in [0.2, 0.25) is 0 Å². The van der Waals surface area contributed by atoms with Gasteiger partial charge in [0.05, 0.1) is 32.9 Å². The molecule has 0 spiro atoms. The summed E-state index contributed by atoms with van der Waals surface area (Å²) in [5.74, 6) is 0. The van der Waals surface area contributed by atoms with Gasteiger partial charge in [0, 0.05) is 35.9 Å². The smallest absolute Gasteiger partial charge is 0.319 e. The van der Waals surface area contributed by atoms with E-state index >= 15 is 0 Å². The summed E-state index contributed by atoms with van der Waals surface area (Å²) >= 11 is 13.0. The molecule has 2 heterocycles. The number of rotatable bonds is 7. The van der Waals surface area contributed by atoms with Crippen molar-refractivity contribution in [2.45, 2.75) is 30.8 Å². The van der Waals surface area contributed by atoms with Crippen LogP contribution in [0.3, 0.4) is 0 Å². The monoisotopic (exact) mass is 596 g/mol. The quantitative estimate of drug-likeness (QED) is 0.214. The number of amides is 2. The Balaban J connectivity index is 1.21. The zero-order chi connectivity index (χ0) is 28.3. The predicted molar refractivity (Wildman–Crippen MR) is 157 cm³/mol. The molecule has 1 aliphatic rings. The molecule has 0 saturated carbocycles. The first-order valence-electron chi connectivity index (χ1n) is 12.5. The molecule has 12 heteroatoms. The molecule has 0 aliphatic carbocycles. The van der Waals surface area contributed by atoms with Gasteiger partial charge in [0.1, 0.15) is 0 Å². The maximum absolute atomic E-state index is 12.9. The minimum atomic E-state index is -3.80. The molecule has 5 rings (SSSR count). The number of nitrogens with zero attached hydrogens (tertiary/aromatic N) is 2. The van der Waals surface area contributed by atoms with Crippen molar-refractivity contribution < 1.29 is 13.2 Å². The number of benzene rings is 3. The maximum atomic E-state index is 12.9. The lowest BCUT2D eigenvalue weighted by Crippen LogP contribution is -2.31. The fraction of sp³-hybridized carbons (Fsp3) is 0.179. The van der Waals surface area contributed by atoms with Crippen LogP contribution in [0.2, 0.25) is 10.0 Å². The maximum Gasteiger partial charge on any atom is 0.319 e. The molecule has 3 aromatic carbocycles. The molecule has 0 fully saturated rings. The van der Waals surface area contributed by atoms with Crippen molar-refractivity contribution >= 4 is 50.6 Å². The number of fused-ring (bicyclic) bond motifs is 1. The number of anilines is 2. The second-order valence-electron chi connectivity index (χ2n) is 9.28. The van der Waals surface area contributed by atoms with Crippen molar-refractivity contribution in [3.05, 3.63) is 99.9 Å². The third kappa shape index (κ3) is 6.20. The van der Waals surface area contributed by atoms with Crippen LogP contribution in [-0.2, 0) is 23.0 Å². The highest BCUT2D eigenvalue weighted by Gasteiger charge is 2.19. The van der Waals surface area contributed by atoms with Gasteiger partial charge in [-0.2, -0.15) is 0 Å². The van der Waals surface area contributed by atoms with Gasteiger partial charge in [-0.25, -0.2) is 13.2 Å². The summed E-state index contributed by atoms with van der Waals surface area (Å²) in [4.78, 5) is 21.1. The molecule has 0 saturated heterocycles. The summed E-state index contributed by atoms with van der Waals surface area (Å²) in [6.07, 6.45) is 5.56. The SMILES string of the molecule is CC(NC(=O)Nc1ccc(S(=O)(=O)Nc2ccc3c(c2)CCNC3)cc1)c1ccc(-c2cnccn2)c(Cl)c1Cl. The topological polar surface area (TPSA) is 125 Å². The molecule has 9 nitrogen and oxygen atoms in total. The molecule has 0 radical (unpaired) electrons. The van der Waals surface area contributed by atoms with Crippen LogP contribution in [-0.4, -0.2) is 31.0 Å². The number of sulfonamides is 1. The van der Waals surface area contributed by atoms with Crippen LogP contribution in [0.15, 0.2) is 78.1 Å². The summed E-state index contributed by atoms with van der Waals surface area (Å²) < 4.78 is 28.5. The molecule has 1 atom stereocenters. The van der Waals surface area contributed by atoms with E-state index in [-0.39, 0.29) is 4.90 Å². The average molecular weight is 598 g/mol. The van der Waals surface area contributed by atoms with Gasteiger partial charge in [-0.15, -0.1) is 0 Å². The molecular formula is C28H26Cl2N6O3S. The van der Waals surface area contributed by atoms with Crippen molar-refractivity contribution in [1.29, 1.82) is 0 Å². The zero-order valence-corrected chi connectivity index (χ0v) is 23.7. The van der Waals surface area contributed by atoms with E-state index < -0.39 is 22.1 Å². The number of nitrogens with one attached hydrogen (secondary N) is 4. The number of urea groups is 1. The Hall–Kier alpha value is -3.70. The molecule has 40 heavy (non-hydrogen) atoms. The van der Waals surface area contributed by atoms with Crippen LogP contribution >= 0.6 is 23.2 Å². The van der Waals surface area contributed by atoms with E-state index in [0.717, 1.165) is 25.1 Å². The largest absolute Gasteiger partial charge is 0.331 e. The molecule has 1 unspecified atom stereocenters. The Kier molecular flexibility index (Phi) is 8.22. The van der Waals surface area contributed by atoms with Gasteiger partial charge < -0.3 is 16.0 Å². The van der Waals surface area contributed by atoms with Crippen molar-refractivity contribution in [2.75, 3.05) is 16.6 Å². The third-order valence-corrected chi connectivity index (χ3v) is 8.83. The van der Waals surface area contributed by atoms with Gasteiger partial charge >= 0.3 is 6.03 Å². The Bertz CT molecular complexity index is 1650. The molecule has 4 aromatic rings.